The van der Waals surface area contributed by atoms with E-state index in [0.717, 1.165) is 56.6 Å². The molecule has 0 fully saturated rings. The number of halogens is 1. The molecule has 1 N–H and O–H groups in total. The van der Waals surface area contributed by atoms with Gasteiger partial charge in [-0.15, -0.1) is 0 Å². The molecule has 0 unspecified atom stereocenters. The number of furan rings is 1. The molecule has 9 heteroatoms. The molecule has 5 rings (SSSR count). The first-order valence-corrected chi connectivity index (χ1v) is 13.5. The van der Waals surface area contributed by atoms with Gasteiger partial charge in [-0.05, 0) is 85.9 Å². The standard InChI is InChI=1S/C30H31BrN4O3.Na.H/c1-7-24-33-25-17(2)14-18(3)32-28(25)34(24)16-19-12-13-20-22(15-19)27(31)38-26(20)21-10-8-9-11-23(21)35(29(36)37)30(4,5)6;;/h8-15H,7,16H2,1-6H3,(H,36,37);;. The monoisotopic (exact) mass is 598 g/mol. The van der Waals surface area contributed by atoms with E-state index in [1.54, 1.807) is 0 Å². The Kier molecular flexibility index (Phi) is 8.34. The number of amides is 1. The molecule has 198 valence electrons. The molecule has 5 aromatic rings. The van der Waals surface area contributed by atoms with Gasteiger partial charge in [0.1, 0.15) is 17.1 Å². The number of carboxylic acid groups (broad SMARTS) is 1. The Labute approximate surface area is 258 Å². The van der Waals surface area contributed by atoms with Gasteiger partial charge in [0.25, 0.3) is 0 Å². The second kappa shape index (κ2) is 11.1. The average molecular weight is 600 g/mol. The van der Waals surface area contributed by atoms with Crippen LogP contribution in [-0.2, 0) is 13.0 Å². The number of aromatic nitrogens is 3. The van der Waals surface area contributed by atoms with Crippen LogP contribution in [0.1, 0.15) is 50.3 Å². The third-order valence-corrected chi connectivity index (χ3v) is 7.33. The summed E-state index contributed by atoms with van der Waals surface area (Å²) in [4.78, 5) is 23.3. The number of hydrogen-bond donors (Lipinski definition) is 1. The summed E-state index contributed by atoms with van der Waals surface area (Å²) < 4.78 is 9.03. The molecule has 0 saturated heterocycles. The van der Waals surface area contributed by atoms with Crippen molar-refractivity contribution in [3.63, 3.8) is 0 Å². The van der Waals surface area contributed by atoms with Crippen molar-refractivity contribution in [2.75, 3.05) is 4.90 Å². The van der Waals surface area contributed by atoms with Crippen molar-refractivity contribution in [3.8, 4) is 11.3 Å². The van der Waals surface area contributed by atoms with Gasteiger partial charge in [-0.3, -0.25) is 4.90 Å². The van der Waals surface area contributed by atoms with E-state index < -0.39 is 11.6 Å². The van der Waals surface area contributed by atoms with E-state index in [1.807, 2.05) is 58.0 Å². The molecule has 0 atom stereocenters. The van der Waals surface area contributed by atoms with Crippen molar-refractivity contribution < 1.29 is 14.3 Å². The van der Waals surface area contributed by atoms with Crippen molar-refractivity contribution in [2.45, 2.75) is 60.0 Å². The summed E-state index contributed by atoms with van der Waals surface area (Å²) in [7, 11) is 0. The topological polar surface area (TPSA) is 84.4 Å². The maximum atomic E-state index is 12.3. The van der Waals surface area contributed by atoms with Gasteiger partial charge < -0.3 is 14.1 Å². The first kappa shape index (κ1) is 29.3. The predicted octanol–water partition coefficient (Wildman–Crippen LogP) is 7.47. The van der Waals surface area contributed by atoms with Crippen molar-refractivity contribution in [1.29, 1.82) is 0 Å². The molecule has 0 aliphatic rings. The molecule has 0 saturated carbocycles. The predicted molar refractivity (Wildman–Crippen MR) is 162 cm³/mol. The normalized spacial score (nSPS) is 11.7. The zero-order valence-corrected chi connectivity index (χ0v) is 24.0. The zero-order chi connectivity index (χ0) is 27.4. The van der Waals surface area contributed by atoms with Crippen LogP contribution in [0.15, 0.2) is 57.6 Å². The number of anilines is 1. The molecule has 0 radical (unpaired) electrons. The minimum atomic E-state index is -1.01. The van der Waals surface area contributed by atoms with E-state index in [-0.39, 0.29) is 29.6 Å². The van der Waals surface area contributed by atoms with E-state index in [0.29, 0.717) is 22.7 Å². The van der Waals surface area contributed by atoms with Gasteiger partial charge in [-0.25, -0.2) is 14.8 Å². The van der Waals surface area contributed by atoms with Gasteiger partial charge in [0.2, 0.25) is 0 Å². The molecular formula is C30H32BrN4NaO3. The van der Waals surface area contributed by atoms with Crippen LogP contribution in [-0.4, -0.2) is 60.8 Å². The summed E-state index contributed by atoms with van der Waals surface area (Å²) in [6.45, 7) is 12.5. The second-order valence-corrected chi connectivity index (χ2v) is 11.3. The minimum absolute atomic E-state index is 0. The van der Waals surface area contributed by atoms with Crippen molar-refractivity contribution in [3.05, 3.63) is 75.8 Å². The van der Waals surface area contributed by atoms with Crippen LogP contribution in [0.4, 0.5) is 10.5 Å². The summed E-state index contributed by atoms with van der Waals surface area (Å²) in [6.07, 6.45) is -0.207. The number of imidazole rings is 1. The number of benzene rings is 2. The van der Waals surface area contributed by atoms with E-state index in [2.05, 4.69) is 52.5 Å². The third kappa shape index (κ3) is 5.40. The fourth-order valence-electron chi connectivity index (χ4n) is 5.13. The van der Waals surface area contributed by atoms with E-state index >= 15 is 0 Å². The van der Waals surface area contributed by atoms with E-state index in [9.17, 15) is 9.90 Å². The van der Waals surface area contributed by atoms with Crippen LogP contribution in [0.2, 0.25) is 0 Å². The molecule has 3 heterocycles. The van der Waals surface area contributed by atoms with Crippen LogP contribution in [0.3, 0.4) is 0 Å². The van der Waals surface area contributed by atoms with E-state index in [4.69, 9.17) is 14.4 Å². The van der Waals surface area contributed by atoms with Gasteiger partial charge in [0.05, 0.1) is 12.2 Å². The number of hydrogen-bond acceptors (Lipinski definition) is 4. The van der Waals surface area contributed by atoms with Gasteiger partial charge in [0.15, 0.2) is 10.3 Å². The molecule has 0 aliphatic carbocycles. The number of rotatable bonds is 5. The third-order valence-electron chi connectivity index (χ3n) is 6.74. The SMILES string of the molecule is CCc1nc2c(C)cc(C)nc2n1Cc1ccc2c(-c3ccccc3N(C(=O)O)C(C)(C)C)oc(Br)c2c1.[NaH]. The number of pyridine rings is 1. The number of aryl methyl sites for hydroxylation is 3. The quantitative estimate of drug-likeness (QED) is 0.212. The summed E-state index contributed by atoms with van der Waals surface area (Å²) in [5, 5.41) is 11.9. The van der Waals surface area contributed by atoms with Crippen LogP contribution >= 0.6 is 15.9 Å². The van der Waals surface area contributed by atoms with Crippen molar-refractivity contribution >= 4 is 79.2 Å². The Morgan fingerprint density at radius 3 is 2.46 bits per heavy atom. The molecule has 39 heavy (non-hydrogen) atoms. The average Bonchev–Trinajstić information content (AvgIpc) is 3.36. The Bertz CT molecular complexity index is 1700. The first-order valence-electron chi connectivity index (χ1n) is 12.7. The number of para-hydroxylation sites is 1. The fraction of sp³-hybridized carbons (Fsp3) is 0.300. The van der Waals surface area contributed by atoms with Gasteiger partial charge in [-0.1, -0.05) is 31.2 Å². The van der Waals surface area contributed by atoms with Crippen LogP contribution in [0.25, 0.3) is 33.3 Å². The second-order valence-electron chi connectivity index (χ2n) is 10.6. The number of carbonyl (C=O) groups is 1. The molecule has 7 nitrogen and oxygen atoms in total. The van der Waals surface area contributed by atoms with Gasteiger partial charge in [-0.2, -0.15) is 0 Å². The maximum absolute atomic E-state index is 12.3. The zero-order valence-electron chi connectivity index (χ0n) is 22.5. The van der Waals surface area contributed by atoms with Crippen molar-refractivity contribution in [1.82, 2.24) is 14.5 Å². The number of nitrogens with zero attached hydrogens (tertiary/aromatic N) is 4. The number of fused-ring (bicyclic) bond motifs is 2. The Morgan fingerprint density at radius 2 is 1.79 bits per heavy atom. The summed E-state index contributed by atoms with van der Waals surface area (Å²) in [6, 6.07) is 15.8. The van der Waals surface area contributed by atoms with Gasteiger partial charge in [0, 0.05) is 34.0 Å². The van der Waals surface area contributed by atoms with Crippen LogP contribution in [0, 0.1) is 13.8 Å². The van der Waals surface area contributed by atoms with Crippen LogP contribution < -0.4 is 4.90 Å². The molecule has 1 amide bonds. The summed E-state index contributed by atoms with van der Waals surface area (Å²) in [5.74, 6) is 1.62. The Morgan fingerprint density at radius 1 is 1.08 bits per heavy atom. The Hall–Kier alpha value is -2.65. The Balaban J connectivity index is 0.00000353. The summed E-state index contributed by atoms with van der Waals surface area (Å²) >= 11 is 3.62. The molecule has 0 bridgehead atoms. The van der Waals surface area contributed by atoms with E-state index in [1.165, 1.54) is 4.90 Å². The first-order chi connectivity index (χ1) is 18.0. The van der Waals surface area contributed by atoms with Crippen molar-refractivity contribution in [2.24, 2.45) is 0 Å². The molecular weight excluding hydrogens is 567 g/mol. The fourth-order valence-corrected chi connectivity index (χ4v) is 5.62. The molecule has 0 spiro atoms. The summed E-state index contributed by atoms with van der Waals surface area (Å²) in [5.41, 5.74) is 5.70. The molecule has 0 aliphatic heterocycles. The molecule has 3 aromatic heterocycles. The molecule has 2 aromatic carbocycles. The van der Waals surface area contributed by atoms with Crippen LogP contribution in [0.5, 0.6) is 0 Å². The van der Waals surface area contributed by atoms with Gasteiger partial charge >= 0.3 is 35.7 Å².